The van der Waals surface area contributed by atoms with Gasteiger partial charge in [0, 0.05) is 12.8 Å². The van der Waals surface area contributed by atoms with Gasteiger partial charge in [-0.1, -0.05) is 24.3 Å². The molecule has 4 rings (SSSR count). The first-order valence-electron chi connectivity index (χ1n) is 9.70. The third-order valence-corrected chi connectivity index (χ3v) is 5.20. The monoisotopic (exact) mass is 444 g/mol. The molecule has 1 aliphatic rings. The Labute approximate surface area is 180 Å². The van der Waals surface area contributed by atoms with E-state index in [2.05, 4.69) is 0 Å². The summed E-state index contributed by atoms with van der Waals surface area (Å²) in [5.41, 5.74) is 1.34. The average Bonchev–Trinajstić information content (AvgIpc) is 2.77. The largest absolute Gasteiger partial charge is 0.454 e. The molecule has 0 fully saturated rings. The number of benzene rings is 3. The molecule has 0 aliphatic heterocycles. The lowest BCUT2D eigenvalue weighted by Gasteiger charge is -2.32. The topological polar surface area (TPSA) is 52.6 Å². The van der Waals surface area contributed by atoms with Crippen LogP contribution in [0.4, 0.5) is 17.6 Å². The molecule has 0 unspecified atom stereocenters. The van der Waals surface area contributed by atoms with Crippen molar-refractivity contribution >= 4 is 11.9 Å². The van der Waals surface area contributed by atoms with Gasteiger partial charge in [0.25, 0.3) is 0 Å². The van der Waals surface area contributed by atoms with Gasteiger partial charge in [0.05, 0.1) is 11.1 Å². The molecule has 0 saturated heterocycles. The number of esters is 2. The molecule has 0 saturated carbocycles. The van der Waals surface area contributed by atoms with Crippen LogP contribution >= 0.6 is 0 Å². The quantitative estimate of drug-likeness (QED) is 0.429. The highest BCUT2D eigenvalue weighted by molar-refractivity contribution is 5.90. The summed E-state index contributed by atoms with van der Waals surface area (Å²) >= 11 is 0. The second-order valence-corrected chi connectivity index (χ2v) is 7.32. The van der Waals surface area contributed by atoms with E-state index in [0.29, 0.717) is 0 Å². The zero-order valence-electron chi connectivity index (χ0n) is 16.5. The van der Waals surface area contributed by atoms with Gasteiger partial charge in [-0.2, -0.15) is 0 Å². The lowest BCUT2D eigenvalue weighted by molar-refractivity contribution is -0.0389. The molecule has 0 amide bonds. The van der Waals surface area contributed by atoms with Crippen LogP contribution in [0.15, 0.2) is 60.7 Å². The summed E-state index contributed by atoms with van der Waals surface area (Å²) in [6.07, 6.45) is -1.44. The van der Waals surface area contributed by atoms with Crippen molar-refractivity contribution in [1.29, 1.82) is 0 Å². The molecular formula is C24H16F4O4. The van der Waals surface area contributed by atoms with Crippen LogP contribution in [0.3, 0.4) is 0 Å². The molecular weight excluding hydrogens is 428 g/mol. The summed E-state index contributed by atoms with van der Waals surface area (Å²) in [5.74, 6) is -6.44. The van der Waals surface area contributed by atoms with Gasteiger partial charge in [0.1, 0.15) is 12.2 Å². The lowest BCUT2D eigenvalue weighted by atomic mass is 9.87. The van der Waals surface area contributed by atoms with Crippen molar-refractivity contribution in [1.82, 2.24) is 0 Å². The summed E-state index contributed by atoms with van der Waals surface area (Å²) in [5, 5.41) is 0. The van der Waals surface area contributed by atoms with Gasteiger partial charge in [0.2, 0.25) is 0 Å². The zero-order valence-corrected chi connectivity index (χ0v) is 16.5. The predicted molar refractivity (Wildman–Crippen MR) is 105 cm³/mol. The summed E-state index contributed by atoms with van der Waals surface area (Å²) in [4.78, 5) is 25.1. The molecule has 0 spiro atoms. The Morgan fingerprint density at radius 1 is 0.625 bits per heavy atom. The van der Waals surface area contributed by atoms with Gasteiger partial charge in [-0.05, 0) is 47.5 Å². The summed E-state index contributed by atoms with van der Waals surface area (Å²) in [7, 11) is 0. The first-order chi connectivity index (χ1) is 15.3. The third-order valence-electron chi connectivity index (χ3n) is 5.20. The first kappa shape index (κ1) is 21.5. The Kier molecular flexibility index (Phi) is 5.94. The van der Waals surface area contributed by atoms with E-state index < -0.39 is 47.4 Å². The Morgan fingerprint density at radius 3 is 1.41 bits per heavy atom. The van der Waals surface area contributed by atoms with Crippen LogP contribution < -0.4 is 0 Å². The van der Waals surface area contributed by atoms with Crippen molar-refractivity contribution in [3.63, 3.8) is 0 Å². The minimum atomic E-state index is -1.20. The van der Waals surface area contributed by atoms with Crippen LogP contribution in [0, 0.1) is 23.3 Å². The molecule has 3 aromatic carbocycles. The van der Waals surface area contributed by atoms with Crippen LogP contribution in [0.25, 0.3) is 0 Å². The standard InChI is InChI=1S/C24H16F4O4/c25-17-7-5-15(9-19(17)27)23(29)31-21-11-13-3-1-2-4-14(13)12-22(21)32-24(30)16-6-8-18(26)20(28)10-16/h1-10,21-22H,11-12H2/t21-,22+. The van der Waals surface area contributed by atoms with Crippen LogP contribution in [0.1, 0.15) is 31.8 Å². The van der Waals surface area contributed by atoms with Crippen molar-refractivity contribution in [2.24, 2.45) is 0 Å². The van der Waals surface area contributed by atoms with Gasteiger partial charge >= 0.3 is 11.9 Å². The van der Waals surface area contributed by atoms with E-state index >= 15 is 0 Å². The Morgan fingerprint density at radius 2 is 1.03 bits per heavy atom. The smallest absolute Gasteiger partial charge is 0.338 e. The lowest BCUT2D eigenvalue weighted by Crippen LogP contribution is -2.41. The van der Waals surface area contributed by atoms with Crippen LogP contribution in [0.5, 0.6) is 0 Å². The Bertz CT molecular complexity index is 1100. The number of carbonyl (C=O) groups excluding carboxylic acids is 2. The van der Waals surface area contributed by atoms with E-state index in [0.717, 1.165) is 47.5 Å². The van der Waals surface area contributed by atoms with E-state index in [4.69, 9.17) is 9.47 Å². The van der Waals surface area contributed by atoms with Crippen LogP contribution in [0.2, 0.25) is 0 Å². The van der Waals surface area contributed by atoms with E-state index in [1.165, 1.54) is 0 Å². The molecule has 8 heteroatoms. The second kappa shape index (κ2) is 8.82. The zero-order chi connectivity index (χ0) is 22.8. The molecule has 0 radical (unpaired) electrons. The minimum Gasteiger partial charge on any atom is -0.454 e. The molecule has 0 aromatic heterocycles. The summed E-state index contributed by atoms with van der Waals surface area (Å²) in [6.45, 7) is 0. The second-order valence-electron chi connectivity index (χ2n) is 7.32. The minimum absolute atomic E-state index is 0.201. The number of hydrogen-bond acceptors (Lipinski definition) is 4. The average molecular weight is 444 g/mol. The maximum atomic E-state index is 13.5. The van der Waals surface area contributed by atoms with Gasteiger partial charge < -0.3 is 9.47 Å². The number of halogens is 4. The number of ether oxygens (including phenoxy) is 2. The molecule has 0 heterocycles. The van der Waals surface area contributed by atoms with Crippen LogP contribution in [-0.2, 0) is 22.3 Å². The molecule has 0 bridgehead atoms. The molecule has 0 N–H and O–H groups in total. The molecule has 3 aromatic rings. The maximum absolute atomic E-state index is 13.5. The number of rotatable bonds is 4. The van der Waals surface area contributed by atoms with Crippen molar-refractivity contribution in [2.45, 2.75) is 25.0 Å². The summed E-state index contributed by atoms with van der Waals surface area (Å²) in [6, 6.07) is 12.5. The van der Waals surface area contributed by atoms with Gasteiger partial charge in [-0.15, -0.1) is 0 Å². The van der Waals surface area contributed by atoms with E-state index in [-0.39, 0.29) is 24.0 Å². The van der Waals surface area contributed by atoms with Crippen molar-refractivity contribution in [2.75, 3.05) is 0 Å². The maximum Gasteiger partial charge on any atom is 0.338 e. The Balaban J connectivity index is 1.57. The number of fused-ring (bicyclic) bond motifs is 1. The summed E-state index contributed by atoms with van der Waals surface area (Å²) < 4.78 is 64.3. The van der Waals surface area contributed by atoms with Crippen molar-refractivity contribution in [3.8, 4) is 0 Å². The SMILES string of the molecule is O=C(O[C@H]1Cc2ccccc2C[C@H]1OC(=O)c1ccc(F)c(F)c1)c1ccc(F)c(F)c1. The molecule has 4 nitrogen and oxygen atoms in total. The fraction of sp³-hybridized carbons (Fsp3) is 0.167. The number of hydrogen-bond donors (Lipinski definition) is 0. The van der Waals surface area contributed by atoms with E-state index in [9.17, 15) is 27.2 Å². The van der Waals surface area contributed by atoms with Gasteiger partial charge in [-0.3, -0.25) is 0 Å². The third kappa shape index (κ3) is 4.49. The molecule has 1 aliphatic carbocycles. The number of carbonyl (C=O) groups is 2. The van der Waals surface area contributed by atoms with E-state index in [1.54, 1.807) is 12.1 Å². The molecule has 164 valence electrons. The van der Waals surface area contributed by atoms with Gasteiger partial charge in [0.15, 0.2) is 23.3 Å². The molecule has 32 heavy (non-hydrogen) atoms. The Hall–Kier alpha value is -3.68. The normalized spacial score (nSPS) is 17.4. The van der Waals surface area contributed by atoms with Crippen molar-refractivity contribution < 1.29 is 36.6 Å². The highest BCUT2D eigenvalue weighted by atomic mass is 19.2. The fourth-order valence-corrected chi connectivity index (χ4v) is 3.54. The van der Waals surface area contributed by atoms with Gasteiger partial charge in [-0.25, -0.2) is 27.2 Å². The first-order valence-corrected chi connectivity index (χ1v) is 9.70. The molecule has 2 atom stereocenters. The highest BCUT2D eigenvalue weighted by Crippen LogP contribution is 2.27. The van der Waals surface area contributed by atoms with Crippen LogP contribution in [-0.4, -0.2) is 24.1 Å². The fourth-order valence-electron chi connectivity index (χ4n) is 3.54. The van der Waals surface area contributed by atoms with E-state index in [1.807, 2.05) is 12.1 Å². The van der Waals surface area contributed by atoms with Crippen molar-refractivity contribution in [3.05, 3.63) is 106 Å². The highest BCUT2D eigenvalue weighted by Gasteiger charge is 2.35. The predicted octanol–water partition coefficient (Wildman–Crippen LogP) is 4.79.